The summed E-state index contributed by atoms with van der Waals surface area (Å²) in [6, 6.07) is 22.7. The topological polar surface area (TPSA) is 349 Å². The summed E-state index contributed by atoms with van der Waals surface area (Å²) in [6.45, 7) is 2.53. The second-order valence-corrected chi connectivity index (χ2v) is 22.3. The minimum Gasteiger partial charge on any atom is -0.341 e. The third kappa shape index (κ3) is 9.92. The van der Waals surface area contributed by atoms with Gasteiger partial charge in [0.15, 0.2) is 0 Å². The summed E-state index contributed by atoms with van der Waals surface area (Å²) in [7, 11) is -19.2. The smallest absolute Gasteiger partial charge is 0.297 e. The van der Waals surface area contributed by atoms with Crippen molar-refractivity contribution in [1.29, 1.82) is 0 Å². The second kappa shape index (κ2) is 18.3. The van der Waals surface area contributed by atoms with Crippen LogP contribution in [0, 0.1) is 0 Å². The molecular weight excluding hydrogens is 1020 g/mol. The largest absolute Gasteiger partial charge is 0.341 e. The van der Waals surface area contributed by atoms with E-state index in [0.29, 0.717) is 48.3 Å². The van der Waals surface area contributed by atoms with E-state index in [1.54, 1.807) is 12.1 Å². The molecule has 72 heavy (non-hydrogen) atoms. The number of nitrogens with one attached hydrogen (secondary N) is 4. The van der Waals surface area contributed by atoms with Crippen molar-refractivity contribution in [2.45, 2.75) is 45.3 Å². The van der Waals surface area contributed by atoms with Gasteiger partial charge in [0.2, 0.25) is 35.7 Å². The highest BCUT2D eigenvalue weighted by Crippen LogP contribution is 2.38. The maximum absolute atomic E-state index is 12.9. The van der Waals surface area contributed by atoms with Crippen LogP contribution >= 0.6 is 0 Å². The average molecular weight is 1060 g/mol. The zero-order valence-electron chi connectivity index (χ0n) is 37.2. The van der Waals surface area contributed by atoms with E-state index >= 15 is 0 Å². The summed E-state index contributed by atoms with van der Waals surface area (Å²) in [5.41, 5.74) is 0.807. The van der Waals surface area contributed by atoms with E-state index < -0.39 is 60.1 Å². The highest BCUT2D eigenvalue weighted by atomic mass is 32.2. The van der Waals surface area contributed by atoms with Crippen LogP contribution in [0.3, 0.4) is 0 Å². The van der Waals surface area contributed by atoms with Gasteiger partial charge in [-0.3, -0.25) is 18.2 Å². The van der Waals surface area contributed by atoms with Gasteiger partial charge >= 0.3 is 0 Å². The number of benzene rings is 6. The third-order valence-electron chi connectivity index (χ3n) is 11.9. The Bertz CT molecular complexity index is 3730. The zero-order valence-corrected chi connectivity index (χ0v) is 40.4. The normalized spacial score (nSPS) is 14.6. The van der Waals surface area contributed by atoms with E-state index in [4.69, 9.17) is 9.97 Å². The first kappa shape index (κ1) is 48.2. The molecule has 0 spiro atoms. The van der Waals surface area contributed by atoms with Crippen molar-refractivity contribution in [3.8, 4) is 0 Å². The molecule has 0 atom stereocenters. The summed E-state index contributed by atoms with van der Waals surface area (Å²) in [4.78, 5) is 29.5. The van der Waals surface area contributed by atoms with Gasteiger partial charge in [-0.1, -0.05) is 48.5 Å². The highest BCUT2D eigenvalue weighted by Gasteiger charge is 2.26. The molecule has 2 aliphatic heterocycles. The van der Waals surface area contributed by atoms with E-state index in [2.05, 4.69) is 41.2 Å². The van der Waals surface area contributed by atoms with E-state index in [-0.39, 0.29) is 68.6 Å². The Morgan fingerprint density at radius 1 is 0.375 bits per heavy atom. The molecule has 0 aliphatic carbocycles. The first-order valence-corrected chi connectivity index (χ1v) is 27.6. The van der Waals surface area contributed by atoms with Gasteiger partial charge in [0.25, 0.3) is 40.5 Å². The third-order valence-corrected chi connectivity index (χ3v) is 15.5. The summed E-state index contributed by atoms with van der Waals surface area (Å²) in [5, 5.41) is 13.8. The molecule has 24 nitrogen and oxygen atoms in total. The van der Waals surface area contributed by atoms with Crippen LogP contribution < -0.4 is 31.1 Å². The first-order valence-electron chi connectivity index (χ1n) is 21.8. The number of hydrogen-bond donors (Lipinski definition) is 8. The summed E-state index contributed by atoms with van der Waals surface area (Å²) in [5.74, 6) is 0.479. The molecule has 0 radical (unpaired) electrons. The fourth-order valence-electron chi connectivity index (χ4n) is 8.70. The highest BCUT2D eigenvalue weighted by molar-refractivity contribution is 7.87. The summed E-state index contributed by atoms with van der Waals surface area (Å²) < 4.78 is 139. The Balaban J connectivity index is 0.995. The standard InChI is InChI=1S/C44H40N12O12S4/c57-69(58,59)27-11-13-29-25(23-27)9-15-35(37(29)71(63,64)65)47-41-49-39(51-43(53-41)55-19-3-4-20-55)45-33-17-18-34(32-8-2-1-7-31(32)33)46-40-50-42(54-44(52-40)56-21-5-6-22-56)48-36-16-10-26-24-28(70(60,61)62)12-14-30(26)38(36)72(66,67)68/h1-2,7-18,23-24H,3-6,19-22H2,(H,57,58,59)(H,60,61,62)(H,63,64,65)(H,66,67,68)(H2,45,47,49,51,53)(H2,46,48,50,52,54). The van der Waals surface area contributed by atoms with Gasteiger partial charge in [-0.15, -0.1) is 0 Å². The van der Waals surface area contributed by atoms with Crippen LogP contribution in [0.5, 0.6) is 0 Å². The maximum atomic E-state index is 12.9. The van der Waals surface area contributed by atoms with Crippen molar-refractivity contribution in [3.63, 3.8) is 0 Å². The first-order chi connectivity index (χ1) is 34.2. The maximum Gasteiger partial charge on any atom is 0.297 e. The van der Waals surface area contributed by atoms with E-state index in [1.165, 1.54) is 24.3 Å². The molecule has 2 aromatic heterocycles. The second-order valence-electron chi connectivity index (χ2n) is 16.7. The lowest BCUT2D eigenvalue weighted by atomic mass is 10.1. The van der Waals surface area contributed by atoms with Gasteiger partial charge in [0, 0.05) is 59.1 Å². The van der Waals surface area contributed by atoms with Gasteiger partial charge in [0.05, 0.1) is 21.2 Å². The van der Waals surface area contributed by atoms with Crippen LogP contribution in [-0.2, 0) is 40.5 Å². The van der Waals surface area contributed by atoms with Crippen LogP contribution in [0.25, 0.3) is 32.3 Å². The van der Waals surface area contributed by atoms with Crippen molar-refractivity contribution in [2.24, 2.45) is 0 Å². The molecule has 2 saturated heterocycles. The van der Waals surface area contributed by atoms with Crippen LogP contribution in [0.1, 0.15) is 25.7 Å². The van der Waals surface area contributed by atoms with Crippen LogP contribution in [0.4, 0.5) is 58.4 Å². The molecular formula is C44H40N12O12S4. The van der Waals surface area contributed by atoms with Crippen LogP contribution in [0.2, 0.25) is 0 Å². The van der Waals surface area contributed by atoms with Crippen molar-refractivity contribution in [3.05, 3.63) is 97.1 Å². The summed E-state index contributed by atoms with van der Waals surface area (Å²) in [6.07, 6.45) is 3.48. The van der Waals surface area contributed by atoms with Crippen molar-refractivity contribution in [2.75, 3.05) is 57.2 Å². The quantitative estimate of drug-likeness (QED) is 0.0526. The van der Waals surface area contributed by atoms with Gasteiger partial charge < -0.3 is 31.1 Å². The number of rotatable bonds is 14. The van der Waals surface area contributed by atoms with Crippen molar-refractivity contribution >= 4 is 131 Å². The lowest BCUT2D eigenvalue weighted by Crippen LogP contribution is -2.22. The van der Waals surface area contributed by atoms with Gasteiger partial charge in [-0.05, 0) is 85.0 Å². The van der Waals surface area contributed by atoms with Crippen LogP contribution in [0.15, 0.2) is 117 Å². The Hall–Kier alpha value is -7.44. The molecule has 0 saturated carbocycles. The minimum absolute atomic E-state index is 0.0449. The van der Waals surface area contributed by atoms with E-state index in [1.807, 2.05) is 34.1 Å². The lowest BCUT2D eigenvalue weighted by molar-refractivity contribution is 0.481. The fraction of sp³-hybridized carbons (Fsp3) is 0.182. The van der Waals surface area contributed by atoms with Crippen molar-refractivity contribution in [1.82, 2.24) is 29.9 Å². The number of aromatic nitrogens is 6. The molecule has 0 amide bonds. The minimum atomic E-state index is -4.96. The van der Waals surface area contributed by atoms with Gasteiger partial charge in [0.1, 0.15) is 9.79 Å². The predicted molar refractivity (Wildman–Crippen MR) is 267 cm³/mol. The fourth-order valence-corrected chi connectivity index (χ4v) is 11.5. The Kier molecular flexibility index (Phi) is 12.3. The number of fused-ring (bicyclic) bond motifs is 3. The Morgan fingerprint density at radius 2 is 0.708 bits per heavy atom. The molecule has 28 heteroatoms. The molecule has 4 heterocycles. The molecule has 372 valence electrons. The van der Waals surface area contributed by atoms with Gasteiger partial charge in [-0.2, -0.15) is 63.6 Å². The lowest BCUT2D eigenvalue weighted by Gasteiger charge is -2.19. The zero-order chi connectivity index (χ0) is 50.7. The molecule has 6 aromatic carbocycles. The average Bonchev–Trinajstić information content (AvgIpc) is 4.07. The molecule has 8 aromatic rings. The molecule has 2 fully saturated rings. The molecule has 8 N–H and O–H groups in total. The monoisotopic (exact) mass is 1060 g/mol. The number of anilines is 10. The van der Waals surface area contributed by atoms with Gasteiger partial charge in [-0.25, -0.2) is 0 Å². The van der Waals surface area contributed by atoms with Crippen LogP contribution in [-0.4, -0.2) is 108 Å². The van der Waals surface area contributed by atoms with E-state index in [9.17, 15) is 51.9 Å². The molecule has 10 rings (SSSR count). The Morgan fingerprint density at radius 3 is 1.04 bits per heavy atom. The van der Waals surface area contributed by atoms with E-state index in [0.717, 1.165) is 62.1 Å². The number of hydrogen-bond acceptors (Lipinski definition) is 20. The SMILES string of the molecule is O=S(=O)(O)c1ccc2c(S(=O)(=O)O)c(Nc3nc(Nc4ccc(Nc5nc(Nc6ccc7cc(S(=O)(=O)O)ccc7c6S(=O)(=O)O)nc(N6CCCC6)n5)c5ccccc45)nc(N4CCCC4)n3)ccc2c1. The van der Waals surface area contributed by atoms with Crippen molar-refractivity contribution < 1.29 is 51.9 Å². The number of nitrogens with zero attached hydrogens (tertiary/aromatic N) is 8. The molecule has 0 unspecified atom stereocenters. The molecule has 0 bridgehead atoms. The molecule has 2 aliphatic rings. The Labute approximate surface area is 410 Å². The summed E-state index contributed by atoms with van der Waals surface area (Å²) >= 11 is 0. The predicted octanol–water partition coefficient (Wildman–Crippen LogP) is 6.68.